The first kappa shape index (κ1) is 24.7. The van der Waals surface area contributed by atoms with Gasteiger partial charge in [0.05, 0.1) is 0 Å². The number of rotatable bonds is 5. The van der Waals surface area contributed by atoms with Gasteiger partial charge >= 0.3 is 0 Å². The number of anilines is 1. The summed E-state index contributed by atoms with van der Waals surface area (Å²) >= 11 is 0. The maximum Gasteiger partial charge on any atom is 0.163 e. The topological polar surface area (TPSA) is 80.1 Å². The van der Waals surface area contributed by atoms with Gasteiger partial charge in [-0.3, -0.25) is 5.10 Å². The van der Waals surface area contributed by atoms with Gasteiger partial charge in [0, 0.05) is 31.4 Å². The highest BCUT2D eigenvalue weighted by atomic mass is 16.5. The fourth-order valence-corrected chi connectivity index (χ4v) is 3.03. The molecule has 3 N–H and O–H groups in total. The average Bonchev–Trinajstić information content (AvgIpc) is 3.19. The van der Waals surface area contributed by atoms with E-state index < -0.39 is 0 Å². The third kappa shape index (κ3) is 6.89. The molecular formula is C23H39N5O. The van der Waals surface area contributed by atoms with Crippen molar-refractivity contribution < 1.29 is 4.74 Å². The predicted molar refractivity (Wildman–Crippen MR) is 124 cm³/mol. The molecule has 1 saturated heterocycles. The molecule has 162 valence electrons. The molecule has 2 aromatic rings. The molecule has 1 aliphatic heterocycles. The number of ether oxygens (including phenoxy) is 1. The van der Waals surface area contributed by atoms with Crippen LogP contribution in [0, 0.1) is 5.92 Å². The molecule has 2 aromatic heterocycles. The molecule has 6 nitrogen and oxygen atoms in total. The minimum atomic E-state index is 0.182. The van der Waals surface area contributed by atoms with E-state index in [1.165, 1.54) is 0 Å². The van der Waals surface area contributed by atoms with Crippen molar-refractivity contribution >= 4 is 16.9 Å². The Kier molecular flexibility index (Phi) is 11.1. The summed E-state index contributed by atoms with van der Waals surface area (Å²) in [6, 6.07) is 2.07. The minimum absolute atomic E-state index is 0.182. The van der Waals surface area contributed by atoms with E-state index in [2.05, 4.69) is 40.0 Å². The first-order valence-electron chi connectivity index (χ1n) is 10.9. The van der Waals surface area contributed by atoms with Crippen LogP contribution >= 0.6 is 0 Å². The summed E-state index contributed by atoms with van der Waals surface area (Å²) in [5.41, 5.74) is 6.87. The number of aromatic amines is 1. The van der Waals surface area contributed by atoms with Gasteiger partial charge in [-0.15, -0.1) is 0 Å². The van der Waals surface area contributed by atoms with Gasteiger partial charge in [-0.1, -0.05) is 47.6 Å². The van der Waals surface area contributed by atoms with Crippen LogP contribution in [0.4, 0.5) is 5.82 Å². The van der Waals surface area contributed by atoms with Crippen LogP contribution in [0.5, 0.6) is 5.75 Å². The van der Waals surface area contributed by atoms with Crippen molar-refractivity contribution in [2.75, 3.05) is 18.0 Å². The lowest BCUT2D eigenvalue weighted by Crippen LogP contribution is -2.43. The van der Waals surface area contributed by atoms with Crippen LogP contribution in [0.3, 0.4) is 0 Å². The largest absolute Gasteiger partial charge is 0.457 e. The lowest BCUT2D eigenvalue weighted by molar-refractivity contribution is 0.447. The standard InChI is InChI=1S/C19H27N5O.2C2H6/c1-4-15(8-7-13(2)3)25-16-9-10-21-18-17(16)19(23-22-18)24-11-5-6-14(20)12-24;2*1-2/h4,7-10,13-14H,5-6,11-12,20H2,1-3H3,(H,21,22,23);2*1-2H3/b8-7-,15-4+;;. The number of hydrogen-bond acceptors (Lipinski definition) is 5. The van der Waals surface area contributed by atoms with Gasteiger partial charge in [-0.2, -0.15) is 5.10 Å². The first-order chi connectivity index (χ1) is 14.1. The van der Waals surface area contributed by atoms with Gasteiger partial charge in [-0.25, -0.2) is 4.98 Å². The van der Waals surface area contributed by atoms with Crippen molar-refractivity contribution in [2.24, 2.45) is 11.7 Å². The van der Waals surface area contributed by atoms with Crippen molar-refractivity contribution in [2.45, 2.75) is 67.3 Å². The zero-order chi connectivity index (χ0) is 21.8. The maximum atomic E-state index is 6.16. The number of fused-ring (bicyclic) bond motifs is 1. The normalized spacial score (nSPS) is 17.1. The number of hydrogen-bond donors (Lipinski definition) is 2. The van der Waals surface area contributed by atoms with E-state index in [1.54, 1.807) is 6.20 Å². The molecule has 0 radical (unpaired) electrons. The molecular weight excluding hydrogens is 362 g/mol. The Hall–Kier alpha value is -2.34. The number of piperidine rings is 1. The van der Waals surface area contributed by atoms with Crippen molar-refractivity contribution in [1.82, 2.24) is 15.2 Å². The summed E-state index contributed by atoms with van der Waals surface area (Å²) in [4.78, 5) is 6.61. The van der Waals surface area contributed by atoms with E-state index in [1.807, 2.05) is 52.8 Å². The lowest BCUT2D eigenvalue weighted by atomic mass is 10.1. The molecule has 0 spiro atoms. The quantitative estimate of drug-likeness (QED) is 0.515. The highest BCUT2D eigenvalue weighted by Crippen LogP contribution is 2.33. The number of pyridine rings is 1. The molecule has 1 fully saturated rings. The molecule has 29 heavy (non-hydrogen) atoms. The molecule has 0 amide bonds. The summed E-state index contributed by atoms with van der Waals surface area (Å²) in [6.45, 7) is 16.0. The van der Waals surface area contributed by atoms with Crippen molar-refractivity contribution in [3.05, 3.63) is 36.3 Å². The third-order valence-electron chi connectivity index (χ3n) is 4.32. The summed E-state index contributed by atoms with van der Waals surface area (Å²) in [5.74, 6) is 2.91. The third-order valence-corrected chi connectivity index (χ3v) is 4.32. The van der Waals surface area contributed by atoms with E-state index in [4.69, 9.17) is 10.5 Å². The second-order valence-electron chi connectivity index (χ2n) is 6.82. The second kappa shape index (κ2) is 13.0. The Labute approximate surface area is 176 Å². The van der Waals surface area contributed by atoms with Gasteiger partial charge in [0.15, 0.2) is 11.5 Å². The van der Waals surface area contributed by atoms with Crippen molar-refractivity contribution in [3.63, 3.8) is 0 Å². The van der Waals surface area contributed by atoms with Crippen LogP contribution < -0.4 is 15.4 Å². The first-order valence-corrected chi connectivity index (χ1v) is 10.9. The Morgan fingerprint density at radius 1 is 1.31 bits per heavy atom. The number of nitrogens with zero attached hydrogens (tertiary/aromatic N) is 3. The summed E-state index contributed by atoms with van der Waals surface area (Å²) in [6.07, 6.45) is 9.95. The molecule has 1 unspecified atom stereocenters. The number of nitrogens with two attached hydrogens (primary N) is 1. The van der Waals surface area contributed by atoms with E-state index in [0.29, 0.717) is 5.92 Å². The van der Waals surface area contributed by atoms with E-state index in [0.717, 1.165) is 54.3 Å². The summed E-state index contributed by atoms with van der Waals surface area (Å²) in [5, 5.41) is 8.42. The molecule has 0 aliphatic carbocycles. The molecule has 1 aliphatic rings. The van der Waals surface area contributed by atoms with Crippen molar-refractivity contribution in [3.8, 4) is 5.75 Å². The van der Waals surface area contributed by atoms with Crippen LogP contribution in [-0.2, 0) is 0 Å². The Morgan fingerprint density at radius 3 is 2.66 bits per heavy atom. The van der Waals surface area contributed by atoms with Crippen LogP contribution in [0.25, 0.3) is 11.0 Å². The molecule has 6 heteroatoms. The molecule has 3 rings (SSSR count). The minimum Gasteiger partial charge on any atom is -0.457 e. The number of allylic oxidation sites excluding steroid dienone is 3. The second-order valence-corrected chi connectivity index (χ2v) is 6.82. The van der Waals surface area contributed by atoms with Crippen LogP contribution in [0.2, 0.25) is 0 Å². The molecule has 1 atom stereocenters. The van der Waals surface area contributed by atoms with E-state index in [-0.39, 0.29) is 6.04 Å². The van der Waals surface area contributed by atoms with E-state index in [9.17, 15) is 0 Å². The van der Waals surface area contributed by atoms with Crippen molar-refractivity contribution in [1.29, 1.82) is 0 Å². The summed E-state index contributed by atoms with van der Waals surface area (Å²) < 4.78 is 6.16. The molecule has 3 heterocycles. The van der Waals surface area contributed by atoms with Gasteiger partial charge in [0.25, 0.3) is 0 Å². The molecule has 0 aromatic carbocycles. The average molecular weight is 402 g/mol. The summed E-state index contributed by atoms with van der Waals surface area (Å²) in [7, 11) is 0. The zero-order valence-corrected chi connectivity index (χ0v) is 19.2. The zero-order valence-electron chi connectivity index (χ0n) is 19.2. The number of H-pyrrole nitrogens is 1. The Bertz CT molecular complexity index is 779. The SMILES string of the molecule is C/C=C(\C=C/C(C)C)Oc1ccnc2[nH]nc(N3CCCC(N)C3)c12.CC.CC. The molecule has 0 bridgehead atoms. The highest BCUT2D eigenvalue weighted by molar-refractivity contribution is 5.93. The Morgan fingerprint density at radius 2 is 2.03 bits per heavy atom. The smallest absolute Gasteiger partial charge is 0.163 e. The van der Waals surface area contributed by atoms with Crippen LogP contribution in [0.1, 0.15) is 61.3 Å². The number of aromatic nitrogens is 3. The van der Waals surface area contributed by atoms with E-state index >= 15 is 0 Å². The highest BCUT2D eigenvalue weighted by Gasteiger charge is 2.23. The van der Waals surface area contributed by atoms with Gasteiger partial charge in [0.2, 0.25) is 0 Å². The fraction of sp³-hybridized carbons (Fsp3) is 0.565. The van der Waals surface area contributed by atoms with Crippen LogP contribution in [0.15, 0.2) is 36.3 Å². The van der Waals surface area contributed by atoms with Gasteiger partial charge in [0.1, 0.15) is 16.9 Å². The van der Waals surface area contributed by atoms with Crippen LogP contribution in [-0.4, -0.2) is 34.3 Å². The monoisotopic (exact) mass is 401 g/mol. The molecule has 0 saturated carbocycles. The maximum absolute atomic E-state index is 6.16. The Balaban J connectivity index is 0.000000989. The predicted octanol–water partition coefficient (Wildman–Crippen LogP) is 5.43. The lowest BCUT2D eigenvalue weighted by Gasteiger charge is -2.31. The number of nitrogens with one attached hydrogen (secondary N) is 1. The van der Waals surface area contributed by atoms with Gasteiger partial charge < -0.3 is 15.4 Å². The van der Waals surface area contributed by atoms with Gasteiger partial charge in [-0.05, 0) is 37.8 Å². The fourth-order valence-electron chi connectivity index (χ4n) is 3.03.